The van der Waals surface area contributed by atoms with Crippen LogP contribution in [0.1, 0.15) is 50.6 Å². The molecule has 0 bridgehead atoms. The van der Waals surface area contributed by atoms with Crippen LogP contribution in [0.3, 0.4) is 0 Å². The third kappa shape index (κ3) is 5.43. The molecule has 0 saturated heterocycles. The first-order valence-corrected chi connectivity index (χ1v) is 10.2. The molecule has 1 fully saturated rings. The normalized spacial score (nSPS) is 21.6. The lowest BCUT2D eigenvalue weighted by Gasteiger charge is -2.28. The minimum absolute atomic E-state index is 0.00245. The van der Waals surface area contributed by atoms with Crippen LogP contribution in [0, 0.1) is 5.92 Å². The molecule has 1 aromatic carbocycles. The minimum atomic E-state index is -3.81. The molecule has 0 aromatic heterocycles. The Bertz CT molecular complexity index is 757. The number of primary sulfonamides is 1. The molecule has 0 spiro atoms. The number of amides is 2. The Morgan fingerprint density at radius 1 is 1.27 bits per heavy atom. The fourth-order valence-electron chi connectivity index (χ4n) is 3.20. The predicted octanol–water partition coefficient (Wildman–Crippen LogP) is 1.73. The summed E-state index contributed by atoms with van der Waals surface area (Å²) in [6, 6.07) is 5.43. The van der Waals surface area contributed by atoms with E-state index in [1.165, 1.54) is 12.1 Å². The number of carbonyl (C=O) groups is 2. The number of urea groups is 1. The van der Waals surface area contributed by atoms with Gasteiger partial charge in [-0.05, 0) is 49.8 Å². The molecule has 9 heteroatoms. The molecule has 2 amide bonds. The van der Waals surface area contributed by atoms with E-state index in [4.69, 9.17) is 10.2 Å². The van der Waals surface area contributed by atoms with Crippen LogP contribution in [0.15, 0.2) is 29.2 Å². The summed E-state index contributed by atoms with van der Waals surface area (Å²) in [4.78, 5) is 23.2. The molecule has 1 aliphatic rings. The molecule has 8 nitrogen and oxygen atoms in total. The number of benzene rings is 1. The van der Waals surface area contributed by atoms with Crippen molar-refractivity contribution in [1.29, 1.82) is 0 Å². The number of carbonyl (C=O) groups excluding carboxylic acids is 1. The average molecular weight is 383 g/mol. The highest BCUT2D eigenvalue weighted by Gasteiger charge is 2.27. The molecule has 0 radical (unpaired) electrons. The molecule has 0 aliphatic heterocycles. The van der Waals surface area contributed by atoms with Crippen molar-refractivity contribution in [1.82, 2.24) is 10.6 Å². The largest absolute Gasteiger partial charge is 0.481 e. The maximum atomic E-state index is 12.3. The van der Waals surface area contributed by atoms with E-state index in [0.29, 0.717) is 37.7 Å². The van der Waals surface area contributed by atoms with Crippen LogP contribution in [0.4, 0.5) is 4.79 Å². The first kappa shape index (κ1) is 20.2. The van der Waals surface area contributed by atoms with Crippen molar-refractivity contribution in [2.24, 2.45) is 11.1 Å². The summed E-state index contributed by atoms with van der Waals surface area (Å²) in [5.41, 5.74) is 0.656. The SMILES string of the molecule is CCC(NC(=O)NC1CCC(C(=O)O)CC1)c1cccc(S(N)(=O)=O)c1. The van der Waals surface area contributed by atoms with Crippen molar-refractivity contribution in [3.63, 3.8) is 0 Å². The second kappa shape index (κ2) is 8.50. The van der Waals surface area contributed by atoms with Gasteiger partial charge < -0.3 is 15.7 Å². The Balaban J connectivity index is 1.96. The summed E-state index contributed by atoms with van der Waals surface area (Å²) in [6.45, 7) is 1.88. The Kier molecular flexibility index (Phi) is 6.60. The van der Waals surface area contributed by atoms with Gasteiger partial charge in [0.25, 0.3) is 0 Å². The standard InChI is InChI=1S/C17H25N3O5S/c1-2-15(12-4-3-5-14(10-12)26(18,24)25)20-17(23)19-13-8-6-11(7-9-13)16(21)22/h3-5,10-11,13,15H,2,6-9H2,1H3,(H,21,22)(H2,18,24,25)(H2,19,20,23). The van der Waals surface area contributed by atoms with Gasteiger partial charge in [0.15, 0.2) is 0 Å². The fourth-order valence-corrected chi connectivity index (χ4v) is 3.77. The molecule has 1 aromatic rings. The highest BCUT2D eigenvalue weighted by Crippen LogP contribution is 2.25. The third-order valence-electron chi connectivity index (χ3n) is 4.71. The Morgan fingerprint density at radius 2 is 1.92 bits per heavy atom. The summed E-state index contributed by atoms with van der Waals surface area (Å²) in [6.07, 6.45) is 2.93. The lowest BCUT2D eigenvalue weighted by Crippen LogP contribution is -2.45. The second-order valence-corrected chi connectivity index (χ2v) is 8.14. The van der Waals surface area contributed by atoms with Gasteiger partial charge in [0.1, 0.15) is 0 Å². The van der Waals surface area contributed by atoms with Crippen molar-refractivity contribution >= 4 is 22.0 Å². The topological polar surface area (TPSA) is 139 Å². The first-order chi connectivity index (χ1) is 12.2. The molecule has 1 atom stereocenters. The van der Waals surface area contributed by atoms with Crippen LogP contribution >= 0.6 is 0 Å². The van der Waals surface area contributed by atoms with Crippen molar-refractivity contribution in [2.45, 2.75) is 56.0 Å². The first-order valence-electron chi connectivity index (χ1n) is 8.63. The zero-order valence-corrected chi connectivity index (χ0v) is 15.5. The Morgan fingerprint density at radius 3 is 2.46 bits per heavy atom. The van der Waals surface area contributed by atoms with Gasteiger partial charge >= 0.3 is 12.0 Å². The van der Waals surface area contributed by atoms with Crippen LogP contribution in [-0.2, 0) is 14.8 Å². The van der Waals surface area contributed by atoms with Crippen LogP contribution in [0.25, 0.3) is 0 Å². The van der Waals surface area contributed by atoms with Gasteiger partial charge in [-0.2, -0.15) is 0 Å². The van der Waals surface area contributed by atoms with Crippen LogP contribution in [0.5, 0.6) is 0 Å². The van der Waals surface area contributed by atoms with Crippen molar-refractivity contribution in [2.75, 3.05) is 0 Å². The summed E-state index contributed by atoms with van der Waals surface area (Å²) in [5.74, 6) is -1.12. The second-order valence-electron chi connectivity index (χ2n) is 6.58. The highest BCUT2D eigenvalue weighted by molar-refractivity contribution is 7.89. The minimum Gasteiger partial charge on any atom is -0.481 e. The molecule has 5 N–H and O–H groups in total. The van der Waals surface area contributed by atoms with Gasteiger partial charge in [-0.15, -0.1) is 0 Å². The van der Waals surface area contributed by atoms with Gasteiger partial charge in [-0.25, -0.2) is 18.4 Å². The highest BCUT2D eigenvalue weighted by atomic mass is 32.2. The summed E-state index contributed by atoms with van der Waals surface area (Å²) in [7, 11) is -3.81. The number of nitrogens with one attached hydrogen (secondary N) is 2. The van der Waals surface area contributed by atoms with Crippen LogP contribution in [-0.4, -0.2) is 31.6 Å². The third-order valence-corrected chi connectivity index (χ3v) is 5.63. The van der Waals surface area contributed by atoms with Crippen molar-refractivity contribution in [3.8, 4) is 0 Å². The van der Waals surface area contributed by atoms with E-state index in [0.717, 1.165) is 0 Å². The monoisotopic (exact) mass is 383 g/mol. The van der Waals surface area contributed by atoms with E-state index in [9.17, 15) is 18.0 Å². The number of sulfonamides is 1. The van der Waals surface area contributed by atoms with E-state index in [-0.39, 0.29) is 28.9 Å². The number of aliphatic carboxylic acids is 1. The maximum absolute atomic E-state index is 12.3. The average Bonchev–Trinajstić information content (AvgIpc) is 2.59. The fraction of sp³-hybridized carbons (Fsp3) is 0.529. The zero-order valence-electron chi connectivity index (χ0n) is 14.6. The van der Waals surface area contributed by atoms with E-state index in [2.05, 4.69) is 10.6 Å². The Labute approximate surface area is 153 Å². The number of hydrogen-bond acceptors (Lipinski definition) is 4. The summed E-state index contributed by atoms with van der Waals surface area (Å²) < 4.78 is 23.0. The van der Waals surface area contributed by atoms with Gasteiger partial charge in [0.05, 0.1) is 16.9 Å². The quantitative estimate of drug-likeness (QED) is 0.592. The van der Waals surface area contributed by atoms with E-state index in [1.54, 1.807) is 12.1 Å². The molecule has 0 heterocycles. The molecule has 26 heavy (non-hydrogen) atoms. The van der Waals surface area contributed by atoms with Gasteiger partial charge in [-0.3, -0.25) is 4.79 Å². The summed E-state index contributed by atoms with van der Waals surface area (Å²) in [5, 5.41) is 19.9. The van der Waals surface area contributed by atoms with E-state index < -0.39 is 16.0 Å². The Hall–Kier alpha value is -2.13. The molecule has 1 saturated carbocycles. The number of carboxylic acid groups (broad SMARTS) is 1. The van der Waals surface area contributed by atoms with Gasteiger partial charge in [0, 0.05) is 6.04 Å². The van der Waals surface area contributed by atoms with Crippen LogP contribution < -0.4 is 15.8 Å². The lowest BCUT2D eigenvalue weighted by atomic mass is 9.86. The number of hydrogen-bond donors (Lipinski definition) is 4. The zero-order chi connectivity index (χ0) is 19.3. The maximum Gasteiger partial charge on any atom is 0.315 e. The smallest absolute Gasteiger partial charge is 0.315 e. The van der Waals surface area contributed by atoms with Crippen LogP contribution in [0.2, 0.25) is 0 Å². The molecule has 1 aliphatic carbocycles. The van der Waals surface area contributed by atoms with Gasteiger partial charge in [0.2, 0.25) is 10.0 Å². The van der Waals surface area contributed by atoms with Gasteiger partial charge in [-0.1, -0.05) is 19.1 Å². The lowest BCUT2D eigenvalue weighted by molar-refractivity contribution is -0.142. The number of carboxylic acids is 1. The molecule has 2 rings (SSSR count). The number of nitrogens with two attached hydrogens (primary N) is 1. The van der Waals surface area contributed by atoms with Crippen molar-refractivity contribution < 1.29 is 23.1 Å². The molecule has 144 valence electrons. The predicted molar refractivity (Wildman–Crippen MR) is 95.9 cm³/mol. The molecule has 1 unspecified atom stereocenters. The summed E-state index contributed by atoms with van der Waals surface area (Å²) >= 11 is 0. The molecular formula is C17H25N3O5S. The van der Waals surface area contributed by atoms with Crippen molar-refractivity contribution in [3.05, 3.63) is 29.8 Å². The van der Waals surface area contributed by atoms with E-state index in [1.807, 2.05) is 6.92 Å². The van der Waals surface area contributed by atoms with E-state index >= 15 is 0 Å². The molecular weight excluding hydrogens is 358 g/mol. The number of rotatable bonds is 6.